The molecule has 6 nitrogen and oxygen atoms in total. The third kappa shape index (κ3) is 4.05. The molecule has 0 aliphatic heterocycles. The van der Waals surface area contributed by atoms with Crippen molar-refractivity contribution < 1.29 is 22.5 Å². The van der Waals surface area contributed by atoms with Crippen LogP contribution in [0.1, 0.15) is 53.9 Å². The molecule has 9 heteroatoms. The van der Waals surface area contributed by atoms with Gasteiger partial charge in [-0.05, 0) is 49.2 Å². The number of aromatic nitrogens is 3. The maximum absolute atomic E-state index is 12.8. The molecule has 0 saturated heterocycles. The molecule has 1 aliphatic carbocycles. The van der Waals surface area contributed by atoms with Crippen molar-refractivity contribution in [3.8, 4) is 11.4 Å². The molecule has 3 aromatic rings. The van der Waals surface area contributed by atoms with Gasteiger partial charge in [0, 0.05) is 23.5 Å². The van der Waals surface area contributed by atoms with E-state index in [9.17, 15) is 18.0 Å². The molecule has 1 fully saturated rings. The lowest BCUT2D eigenvalue weighted by atomic mass is 9.81. The van der Waals surface area contributed by atoms with Crippen LogP contribution in [-0.2, 0) is 11.7 Å². The average molecular weight is 416 g/mol. The molecule has 0 radical (unpaired) electrons. The van der Waals surface area contributed by atoms with Crippen LogP contribution in [0.15, 0.2) is 53.3 Å². The molecular weight excluding hydrogens is 397 g/mol. The van der Waals surface area contributed by atoms with Crippen molar-refractivity contribution in [2.24, 2.45) is 0 Å². The Labute approximate surface area is 170 Å². The second-order valence-corrected chi connectivity index (χ2v) is 7.34. The predicted octanol–water partition coefficient (Wildman–Crippen LogP) is 4.74. The fourth-order valence-corrected chi connectivity index (χ4v) is 3.68. The number of carbonyl (C=O) groups excluding carboxylic acids is 1. The number of carbonyl (C=O) groups is 1. The van der Waals surface area contributed by atoms with E-state index in [4.69, 9.17) is 4.52 Å². The van der Waals surface area contributed by atoms with Gasteiger partial charge in [-0.1, -0.05) is 24.4 Å². The maximum atomic E-state index is 12.8. The summed E-state index contributed by atoms with van der Waals surface area (Å²) in [5, 5.41) is 6.98. The third-order valence-electron chi connectivity index (χ3n) is 5.29. The Morgan fingerprint density at radius 2 is 1.80 bits per heavy atom. The van der Waals surface area contributed by atoms with E-state index < -0.39 is 23.2 Å². The van der Waals surface area contributed by atoms with Gasteiger partial charge in [0.2, 0.25) is 5.82 Å². The van der Waals surface area contributed by atoms with Crippen LogP contribution in [0.4, 0.5) is 13.2 Å². The second kappa shape index (κ2) is 7.89. The summed E-state index contributed by atoms with van der Waals surface area (Å²) in [6.07, 6.45) is 2.74. The molecule has 2 aromatic heterocycles. The SMILES string of the molecule is O=C(NC1(c2nc(-c3cccnc3)no2)CCCCC1)c1ccc(C(F)(F)F)cc1. The molecule has 2 heterocycles. The highest BCUT2D eigenvalue weighted by atomic mass is 19.4. The Morgan fingerprint density at radius 1 is 1.07 bits per heavy atom. The molecule has 1 aromatic carbocycles. The summed E-state index contributed by atoms with van der Waals surface area (Å²) in [5.41, 5.74) is -0.831. The van der Waals surface area contributed by atoms with Crippen molar-refractivity contribution in [3.63, 3.8) is 0 Å². The first-order valence-corrected chi connectivity index (χ1v) is 9.62. The highest BCUT2D eigenvalue weighted by Crippen LogP contribution is 2.37. The van der Waals surface area contributed by atoms with Crippen LogP contribution < -0.4 is 5.32 Å². The zero-order valence-electron chi connectivity index (χ0n) is 15.9. The number of benzene rings is 1. The van der Waals surface area contributed by atoms with Crippen LogP contribution in [0, 0.1) is 0 Å². The topological polar surface area (TPSA) is 80.9 Å². The number of rotatable bonds is 4. The Balaban J connectivity index is 1.60. The van der Waals surface area contributed by atoms with E-state index in [-0.39, 0.29) is 5.56 Å². The lowest BCUT2D eigenvalue weighted by molar-refractivity contribution is -0.137. The summed E-state index contributed by atoms with van der Waals surface area (Å²) in [6.45, 7) is 0. The van der Waals surface area contributed by atoms with Gasteiger partial charge in [0.15, 0.2) is 0 Å². The first kappa shape index (κ1) is 20.1. The fourth-order valence-electron chi connectivity index (χ4n) is 3.68. The lowest BCUT2D eigenvalue weighted by Gasteiger charge is -2.34. The lowest BCUT2D eigenvalue weighted by Crippen LogP contribution is -2.47. The van der Waals surface area contributed by atoms with Gasteiger partial charge >= 0.3 is 6.18 Å². The first-order chi connectivity index (χ1) is 14.4. The van der Waals surface area contributed by atoms with E-state index in [0.29, 0.717) is 30.1 Å². The molecule has 1 N–H and O–H groups in total. The van der Waals surface area contributed by atoms with Crippen molar-refractivity contribution in [2.45, 2.75) is 43.8 Å². The van der Waals surface area contributed by atoms with E-state index >= 15 is 0 Å². The summed E-state index contributed by atoms with van der Waals surface area (Å²) in [4.78, 5) is 21.4. The van der Waals surface area contributed by atoms with Crippen molar-refractivity contribution >= 4 is 5.91 Å². The van der Waals surface area contributed by atoms with Crippen molar-refractivity contribution in [2.75, 3.05) is 0 Å². The number of amides is 1. The molecule has 30 heavy (non-hydrogen) atoms. The van der Waals surface area contributed by atoms with Crippen LogP contribution in [-0.4, -0.2) is 21.0 Å². The minimum Gasteiger partial charge on any atom is -0.338 e. The van der Waals surface area contributed by atoms with Gasteiger partial charge in [0.05, 0.1) is 5.56 Å². The number of hydrogen-bond donors (Lipinski definition) is 1. The molecule has 1 amide bonds. The molecule has 156 valence electrons. The number of hydrogen-bond acceptors (Lipinski definition) is 5. The van der Waals surface area contributed by atoms with Crippen molar-refractivity contribution in [1.29, 1.82) is 0 Å². The van der Waals surface area contributed by atoms with Crippen molar-refractivity contribution in [3.05, 3.63) is 65.8 Å². The molecule has 0 unspecified atom stereocenters. The van der Waals surface area contributed by atoms with E-state index in [1.165, 1.54) is 12.1 Å². The zero-order valence-corrected chi connectivity index (χ0v) is 15.9. The largest absolute Gasteiger partial charge is 0.416 e. The summed E-state index contributed by atoms with van der Waals surface area (Å²) in [6, 6.07) is 7.70. The first-order valence-electron chi connectivity index (χ1n) is 9.62. The monoisotopic (exact) mass is 416 g/mol. The number of alkyl halides is 3. The van der Waals surface area contributed by atoms with Gasteiger partial charge in [-0.3, -0.25) is 9.78 Å². The van der Waals surface area contributed by atoms with Gasteiger partial charge in [-0.2, -0.15) is 18.2 Å². The van der Waals surface area contributed by atoms with E-state index in [1.807, 2.05) is 0 Å². The summed E-state index contributed by atoms with van der Waals surface area (Å²) >= 11 is 0. The standard InChI is InChI=1S/C21H19F3N4O2/c22-21(23,24)16-8-6-14(7-9-16)18(29)27-20(10-2-1-3-11-20)19-26-17(28-30-19)15-5-4-12-25-13-15/h4-9,12-13H,1-3,10-11H2,(H,27,29). The summed E-state index contributed by atoms with van der Waals surface area (Å²) in [7, 11) is 0. The highest BCUT2D eigenvalue weighted by Gasteiger charge is 2.41. The second-order valence-electron chi connectivity index (χ2n) is 7.34. The quantitative estimate of drug-likeness (QED) is 0.665. The van der Waals surface area contributed by atoms with E-state index in [1.54, 1.807) is 24.5 Å². The molecular formula is C21H19F3N4O2. The number of nitrogens with zero attached hydrogens (tertiary/aromatic N) is 3. The summed E-state index contributed by atoms with van der Waals surface area (Å²) < 4.78 is 43.9. The Bertz CT molecular complexity index is 1010. The zero-order chi connectivity index (χ0) is 21.2. The number of pyridine rings is 1. The van der Waals surface area contributed by atoms with Gasteiger partial charge in [0.1, 0.15) is 5.54 Å². The molecule has 0 bridgehead atoms. The Morgan fingerprint density at radius 3 is 2.43 bits per heavy atom. The molecule has 4 rings (SSSR count). The van der Waals surface area contributed by atoms with Gasteiger partial charge in [-0.25, -0.2) is 0 Å². The Hall–Kier alpha value is -3.23. The normalized spacial score (nSPS) is 16.2. The molecule has 0 atom stereocenters. The minimum atomic E-state index is -4.45. The molecule has 0 spiro atoms. The third-order valence-corrected chi connectivity index (χ3v) is 5.29. The molecule has 1 saturated carbocycles. The van der Waals surface area contributed by atoms with Gasteiger partial charge in [0.25, 0.3) is 11.8 Å². The van der Waals surface area contributed by atoms with Crippen LogP contribution in [0.3, 0.4) is 0 Å². The van der Waals surface area contributed by atoms with E-state index in [2.05, 4.69) is 20.4 Å². The highest BCUT2D eigenvalue weighted by molar-refractivity contribution is 5.94. The number of halogens is 3. The van der Waals surface area contributed by atoms with Crippen LogP contribution >= 0.6 is 0 Å². The maximum Gasteiger partial charge on any atom is 0.416 e. The number of nitrogens with one attached hydrogen (secondary N) is 1. The fraction of sp³-hybridized carbons (Fsp3) is 0.333. The van der Waals surface area contributed by atoms with Crippen LogP contribution in [0.5, 0.6) is 0 Å². The van der Waals surface area contributed by atoms with Crippen LogP contribution in [0.2, 0.25) is 0 Å². The van der Waals surface area contributed by atoms with Crippen molar-refractivity contribution in [1.82, 2.24) is 20.4 Å². The van der Waals surface area contributed by atoms with E-state index in [0.717, 1.165) is 31.4 Å². The van der Waals surface area contributed by atoms with Gasteiger partial charge in [-0.15, -0.1) is 0 Å². The van der Waals surface area contributed by atoms with Gasteiger partial charge < -0.3 is 9.84 Å². The minimum absolute atomic E-state index is 0.139. The Kier molecular flexibility index (Phi) is 5.27. The molecule has 1 aliphatic rings. The predicted molar refractivity (Wildman–Crippen MR) is 101 cm³/mol. The summed E-state index contributed by atoms with van der Waals surface area (Å²) in [5.74, 6) is 0.180. The average Bonchev–Trinajstić information content (AvgIpc) is 3.26. The smallest absolute Gasteiger partial charge is 0.338 e. The van der Waals surface area contributed by atoms with Crippen LogP contribution in [0.25, 0.3) is 11.4 Å².